The summed E-state index contributed by atoms with van der Waals surface area (Å²) < 4.78 is 0. The molecule has 3 heteroatoms. The van der Waals surface area contributed by atoms with Gasteiger partial charge in [0.25, 0.3) is 0 Å². The normalized spacial score (nSPS) is 22.4. The van der Waals surface area contributed by atoms with Gasteiger partial charge in [-0.3, -0.25) is 4.79 Å². The maximum atomic E-state index is 11.9. The molecular weight excluding hydrogens is 248 g/mol. The molecule has 0 aromatic carbocycles. The van der Waals surface area contributed by atoms with Gasteiger partial charge in [-0.05, 0) is 31.7 Å². The summed E-state index contributed by atoms with van der Waals surface area (Å²) in [6.07, 6.45) is 10.8. The first-order chi connectivity index (χ1) is 9.66. The van der Waals surface area contributed by atoms with E-state index in [1.165, 1.54) is 45.1 Å². The van der Waals surface area contributed by atoms with Gasteiger partial charge in [-0.15, -0.1) is 0 Å². The highest BCUT2D eigenvalue weighted by molar-refractivity contribution is 5.78. The molecule has 1 amide bonds. The zero-order chi connectivity index (χ0) is 14.4. The third-order valence-electron chi connectivity index (χ3n) is 5.01. The largest absolute Gasteiger partial charge is 0.342 e. The Hall–Kier alpha value is -0.570. The zero-order valence-electron chi connectivity index (χ0n) is 13.4. The van der Waals surface area contributed by atoms with E-state index in [1.54, 1.807) is 0 Å². The molecule has 2 aliphatic rings. The molecule has 116 valence electrons. The summed E-state index contributed by atoms with van der Waals surface area (Å²) in [5, 5.41) is 3.72. The first-order valence-electron chi connectivity index (χ1n) is 8.69. The van der Waals surface area contributed by atoms with E-state index in [1.807, 2.05) is 18.7 Å². The number of likely N-dealkylation sites (tertiary alicyclic amines) is 1. The van der Waals surface area contributed by atoms with E-state index in [-0.39, 0.29) is 5.92 Å². The lowest BCUT2D eigenvalue weighted by Gasteiger charge is -2.34. The van der Waals surface area contributed by atoms with Crippen molar-refractivity contribution in [3.63, 3.8) is 0 Å². The van der Waals surface area contributed by atoms with E-state index in [0.29, 0.717) is 11.9 Å². The highest BCUT2D eigenvalue weighted by Gasteiger charge is 2.24. The van der Waals surface area contributed by atoms with E-state index >= 15 is 0 Å². The molecule has 1 aliphatic heterocycles. The molecule has 1 saturated heterocycles. The summed E-state index contributed by atoms with van der Waals surface area (Å²) in [6.45, 7) is 7.05. The molecule has 1 N–H and O–H groups in total. The van der Waals surface area contributed by atoms with E-state index in [0.717, 1.165) is 31.8 Å². The van der Waals surface area contributed by atoms with Crippen LogP contribution in [0, 0.1) is 11.8 Å². The van der Waals surface area contributed by atoms with Gasteiger partial charge < -0.3 is 10.2 Å². The number of carbonyl (C=O) groups excluding carboxylic acids is 1. The molecule has 2 fully saturated rings. The van der Waals surface area contributed by atoms with Crippen LogP contribution >= 0.6 is 0 Å². The van der Waals surface area contributed by atoms with Crippen molar-refractivity contribution < 1.29 is 4.79 Å². The van der Waals surface area contributed by atoms with Gasteiger partial charge in [0, 0.05) is 25.0 Å². The van der Waals surface area contributed by atoms with Crippen LogP contribution in [0.1, 0.15) is 65.2 Å². The van der Waals surface area contributed by atoms with Crippen molar-refractivity contribution in [3.8, 4) is 0 Å². The van der Waals surface area contributed by atoms with Crippen LogP contribution in [0.5, 0.6) is 0 Å². The number of amides is 1. The molecule has 0 aromatic heterocycles. The Labute approximate surface area is 124 Å². The molecule has 20 heavy (non-hydrogen) atoms. The van der Waals surface area contributed by atoms with Gasteiger partial charge >= 0.3 is 0 Å². The molecule has 0 spiro atoms. The van der Waals surface area contributed by atoms with Crippen LogP contribution in [0.2, 0.25) is 0 Å². The first-order valence-corrected chi connectivity index (χ1v) is 8.69. The van der Waals surface area contributed by atoms with E-state index in [9.17, 15) is 4.79 Å². The Bertz CT molecular complexity index is 289. The number of nitrogens with one attached hydrogen (secondary N) is 1. The Morgan fingerprint density at radius 2 is 1.75 bits per heavy atom. The highest BCUT2D eigenvalue weighted by atomic mass is 16.2. The van der Waals surface area contributed by atoms with Gasteiger partial charge in [-0.1, -0.05) is 46.0 Å². The predicted octanol–water partition coefficient (Wildman–Crippen LogP) is 3.19. The minimum Gasteiger partial charge on any atom is -0.342 e. The van der Waals surface area contributed by atoms with Crippen LogP contribution in [-0.4, -0.2) is 36.5 Å². The van der Waals surface area contributed by atoms with Gasteiger partial charge in [0.2, 0.25) is 5.91 Å². The molecule has 0 radical (unpaired) electrons. The van der Waals surface area contributed by atoms with Gasteiger partial charge in [0.15, 0.2) is 0 Å². The molecule has 0 unspecified atom stereocenters. The highest BCUT2D eigenvalue weighted by Crippen LogP contribution is 2.26. The fourth-order valence-corrected chi connectivity index (χ4v) is 3.64. The summed E-state index contributed by atoms with van der Waals surface area (Å²) >= 11 is 0. The minimum absolute atomic E-state index is 0.144. The fraction of sp³-hybridized carbons (Fsp3) is 0.941. The summed E-state index contributed by atoms with van der Waals surface area (Å²) in [6, 6.07) is 0.634. The molecule has 1 saturated carbocycles. The van der Waals surface area contributed by atoms with Crippen molar-refractivity contribution >= 4 is 5.91 Å². The Kier molecular flexibility index (Phi) is 6.34. The Morgan fingerprint density at radius 1 is 1.10 bits per heavy atom. The molecule has 1 heterocycles. The van der Waals surface area contributed by atoms with Crippen LogP contribution in [0.4, 0.5) is 0 Å². The standard InChI is InChI=1S/C17H32N2O/c1-14(2)17(20)19-12-9-16(10-13-19)18-11-8-15-6-4-3-5-7-15/h14-16,18H,3-13H2,1-2H3. The molecular formula is C17H32N2O. The van der Waals surface area contributed by atoms with Crippen LogP contribution in [0.3, 0.4) is 0 Å². The number of hydrogen-bond acceptors (Lipinski definition) is 2. The van der Waals surface area contributed by atoms with Crippen molar-refractivity contribution in [2.45, 2.75) is 71.3 Å². The molecule has 3 nitrogen and oxygen atoms in total. The second-order valence-corrected chi connectivity index (χ2v) is 7.00. The molecule has 0 atom stereocenters. The van der Waals surface area contributed by atoms with Crippen LogP contribution in [0.15, 0.2) is 0 Å². The van der Waals surface area contributed by atoms with Crippen molar-refractivity contribution in [1.29, 1.82) is 0 Å². The van der Waals surface area contributed by atoms with Gasteiger partial charge in [-0.2, -0.15) is 0 Å². The van der Waals surface area contributed by atoms with E-state index < -0.39 is 0 Å². The maximum Gasteiger partial charge on any atom is 0.225 e. The lowest BCUT2D eigenvalue weighted by atomic mass is 9.87. The number of carbonyl (C=O) groups is 1. The van der Waals surface area contributed by atoms with Crippen LogP contribution in [0.25, 0.3) is 0 Å². The second-order valence-electron chi connectivity index (χ2n) is 7.00. The molecule has 0 aromatic rings. The van der Waals surface area contributed by atoms with Gasteiger partial charge in [0.1, 0.15) is 0 Å². The number of nitrogens with zero attached hydrogens (tertiary/aromatic N) is 1. The monoisotopic (exact) mass is 280 g/mol. The molecule has 2 rings (SSSR count). The average Bonchev–Trinajstić information content (AvgIpc) is 2.48. The zero-order valence-corrected chi connectivity index (χ0v) is 13.4. The predicted molar refractivity (Wildman–Crippen MR) is 83.6 cm³/mol. The van der Waals surface area contributed by atoms with Crippen molar-refractivity contribution in [2.24, 2.45) is 11.8 Å². The van der Waals surface area contributed by atoms with Crippen molar-refractivity contribution in [1.82, 2.24) is 10.2 Å². The third-order valence-corrected chi connectivity index (χ3v) is 5.01. The molecule has 1 aliphatic carbocycles. The summed E-state index contributed by atoms with van der Waals surface area (Å²) in [5.41, 5.74) is 0. The summed E-state index contributed by atoms with van der Waals surface area (Å²) in [7, 11) is 0. The van der Waals surface area contributed by atoms with E-state index in [2.05, 4.69) is 5.32 Å². The first kappa shape index (κ1) is 15.8. The van der Waals surface area contributed by atoms with E-state index in [4.69, 9.17) is 0 Å². The average molecular weight is 280 g/mol. The quantitative estimate of drug-likeness (QED) is 0.839. The lowest BCUT2D eigenvalue weighted by molar-refractivity contribution is -0.135. The Balaban J connectivity index is 1.58. The third kappa shape index (κ3) is 4.76. The smallest absolute Gasteiger partial charge is 0.225 e. The molecule has 0 bridgehead atoms. The number of rotatable bonds is 5. The van der Waals surface area contributed by atoms with Gasteiger partial charge in [0.05, 0.1) is 0 Å². The van der Waals surface area contributed by atoms with Crippen LogP contribution < -0.4 is 5.32 Å². The maximum absolute atomic E-state index is 11.9. The van der Waals surface area contributed by atoms with Crippen molar-refractivity contribution in [3.05, 3.63) is 0 Å². The summed E-state index contributed by atoms with van der Waals surface area (Å²) in [5.74, 6) is 1.44. The Morgan fingerprint density at radius 3 is 2.35 bits per heavy atom. The second kappa shape index (κ2) is 8.02. The fourth-order valence-electron chi connectivity index (χ4n) is 3.64. The summed E-state index contributed by atoms with van der Waals surface area (Å²) in [4.78, 5) is 14.0. The van der Waals surface area contributed by atoms with Crippen LogP contribution in [-0.2, 0) is 4.79 Å². The van der Waals surface area contributed by atoms with Gasteiger partial charge in [-0.25, -0.2) is 0 Å². The van der Waals surface area contributed by atoms with Crippen molar-refractivity contribution in [2.75, 3.05) is 19.6 Å². The number of piperidine rings is 1. The minimum atomic E-state index is 0.144. The lowest BCUT2D eigenvalue weighted by Crippen LogP contribution is -2.46. The topological polar surface area (TPSA) is 32.3 Å². The SMILES string of the molecule is CC(C)C(=O)N1CCC(NCCC2CCCCC2)CC1. The number of hydrogen-bond donors (Lipinski definition) is 1.